The van der Waals surface area contributed by atoms with Gasteiger partial charge in [0, 0.05) is 28.9 Å². The summed E-state index contributed by atoms with van der Waals surface area (Å²) < 4.78 is 16.1. The summed E-state index contributed by atoms with van der Waals surface area (Å²) in [6, 6.07) is 22.0. The predicted octanol–water partition coefficient (Wildman–Crippen LogP) is 5.31. The summed E-state index contributed by atoms with van der Waals surface area (Å²) in [7, 11) is 2.15. The van der Waals surface area contributed by atoms with Gasteiger partial charge < -0.3 is 15.5 Å². The number of aromatic nitrogens is 4. The Labute approximate surface area is 219 Å². The number of para-hydroxylation sites is 1. The number of H-pyrrole nitrogens is 1. The van der Waals surface area contributed by atoms with E-state index in [0.717, 1.165) is 53.9 Å². The first-order chi connectivity index (χ1) is 18.5. The van der Waals surface area contributed by atoms with Gasteiger partial charge in [0.05, 0.1) is 22.4 Å². The van der Waals surface area contributed by atoms with Gasteiger partial charge in [-0.25, -0.2) is 9.37 Å². The van der Waals surface area contributed by atoms with Gasteiger partial charge in [0.1, 0.15) is 12.1 Å². The first-order valence-corrected chi connectivity index (χ1v) is 12.7. The number of nitrogens with zero attached hydrogens (tertiary/aromatic N) is 4. The van der Waals surface area contributed by atoms with Crippen LogP contribution in [0.2, 0.25) is 0 Å². The maximum Gasteiger partial charge on any atom is 0.256 e. The molecule has 1 saturated heterocycles. The number of imidazole rings is 1. The van der Waals surface area contributed by atoms with Crippen molar-refractivity contribution in [3.05, 3.63) is 90.5 Å². The van der Waals surface area contributed by atoms with E-state index in [1.54, 1.807) is 35.2 Å². The van der Waals surface area contributed by atoms with E-state index < -0.39 is 0 Å². The van der Waals surface area contributed by atoms with Gasteiger partial charge in [0.2, 0.25) is 0 Å². The Morgan fingerprint density at radius 3 is 2.61 bits per heavy atom. The molecule has 3 heterocycles. The molecule has 8 nitrogen and oxygen atoms in total. The average Bonchev–Trinajstić information content (AvgIpc) is 3.57. The van der Waals surface area contributed by atoms with Crippen LogP contribution in [0.15, 0.2) is 79.1 Å². The Hall–Kier alpha value is -4.50. The van der Waals surface area contributed by atoms with E-state index in [9.17, 15) is 9.18 Å². The lowest BCUT2D eigenvalue weighted by Crippen LogP contribution is -2.36. The maximum atomic E-state index is 14.4. The van der Waals surface area contributed by atoms with Crippen LogP contribution < -0.4 is 10.6 Å². The number of anilines is 2. The number of likely N-dealkylation sites (tertiary alicyclic amines) is 1. The van der Waals surface area contributed by atoms with Gasteiger partial charge in [-0.05, 0) is 81.5 Å². The quantitative estimate of drug-likeness (QED) is 0.289. The number of hydrogen-bond acceptors (Lipinski definition) is 5. The van der Waals surface area contributed by atoms with Gasteiger partial charge in [-0.1, -0.05) is 18.2 Å². The van der Waals surface area contributed by atoms with E-state index in [1.165, 1.54) is 6.07 Å². The average molecular weight is 510 g/mol. The second kappa shape index (κ2) is 10.1. The molecule has 0 saturated carbocycles. The van der Waals surface area contributed by atoms with E-state index in [2.05, 4.69) is 37.8 Å². The van der Waals surface area contributed by atoms with E-state index >= 15 is 0 Å². The van der Waals surface area contributed by atoms with Crippen LogP contribution in [0.3, 0.4) is 0 Å². The Bertz CT molecular complexity index is 1580. The third-order valence-corrected chi connectivity index (χ3v) is 7.03. The highest BCUT2D eigenvalue weighted by Crippen LogP contribution is 2.27. The Kier molecular flexibility index (Phi) is 6.35. The minimum absolute atomic E-state index is 0.234. The number of fused-ring (bicyclic) bond motifs is 1. The van der Waals surface area contributed by atoms with Crippen LogP contribution in [0.5, 0.6) is 0 Å². The molecule has 3 aromatic carbocycles. The van der Waals surface area contributed by atoms with Crippen LogP contribution in [0, 0.1) is 5.82 Å². The molecule has 1 fully saturated rings. The SMILES string of the molecule is CN1CCC(Nc2ccc(C(=O)Nc3cc(-c4ccc5ncn(-c6ccccc6F)c5c4)[nH]n3)cc2)CC1. The molecule has 5 aromatic rings. The molecule has 1 aliphatic rings. The van der Waals surface area contributed by atoms with E-state index in [-0.39, 0.29) is 11.7 Å². The summed E-state index contributed by atoms with van der Waals surface area (Å²) in [4.78, 5) is 19.6. The van der Waals surface area contributed by atoms with Gasteiger partial charge in [-0.2, -0.15) is 5.10 Å². The van der Waals surface area contributed by atoms with Crippen molar-refractivity contribution in [3.63, 3.8) is 0 Å². The number of carbonyl (C=O) groups is 1. The van der Waals surface area contributed by atoms with Crippen LogP contribution in [0.4, 0.5) is 15.9 Å². The highest BCUT2D eigenvalue weighted by Gasteiger charge is 2.17. The fraction of sp³-hybridized carbons (Fsp3) is 0.207. The first-order valence-electron chi connectivity index (χ1n) is 12.7. The van der Waals surface area contributed by atoms with Crippen molar-refractivity contribution in [1.29, 1.82) is 0 Å². The van der Waals surface area contributed by atoms with Crippen molar-refractivity contribution in [1.82, 2.24) is 24.6 Å². The summed E-state index contributed by atoms with van der Waals surface area (Å²) in [5, 5.41) is 13.7. The third kappa shape index (κ3) is 4.88. The lowest BCUT2D eigenvalue weighted by molar-refractivity contribution is 0.102. The molecule has 6 rings (SSSR count). The molecule has 0 aliphatic carbocycles. The predicted molar refractivity (Wildman–Crippen MR) is 147 cm³/mol. The normalized spacial score (nSPS) is 14.6. The molecule has 3 N–H and O–H groups in total. The number of halogens is 1. The number of piperidine rings is 1. The van der Waals surface area contributed by atoms with Crippen LogP contribution in [0.25, 0.3) is 28.0 Å². The zero-order valence-corrected chi connectivity index (χ0v) is 21.0. The largest absolute Gasteiger partial charge is 0.382 e. The smallest absolute Gasteiger partial charge is 0.256 e. The first kappa shape index (κ1) is 23.9. The zero-order chi connectivity index (χ0) is 26.1. The minimum atomic E-state index is -0.325. The molecule has 9 heteroatoms. The number of amides is 1. The number of aromatic amines is 1. The molecule has 1 aliphatic heterocycles. The number of rotatable bonds is 6. The van der Waals surface area contributed by atoms with Gasteiger partial charge in [0.25, 0.3) is 5.91 Å². The Morgan fingerprint density at radius 2 is 1.82 bits per heavy atom. The Morgan fingerprint density at radius 1 is 1.03 bits per heavy atom. The molecular formula is C29H28FN7O. The molecule has 0 bridgehead atoms. The molecule has 0 unspecified atom stereocenters. The van der Waals surface area contributed by atoms with Crippen molar-refractivity contribution in [2.75, 3.05) is 30.8 Å². The molecule has 1 amide bonds. The summed E-state index contributed by atoms with van der Waals surface area (Å²) in [5.41, 5.74) is 5.08. The highest BCUT2D eigenvalue weighted by molar-refractivity contribution is 6.04. The highest BCUT2D eigenvalue weighted by atomic mass is 19.1. The second-order valence-electron chi connectivity index (χ2n) is 9.69. The summed E-state index contributed by atoms with van der Waals surface area (Å²) >= 11 is 0. The van der Waals surface area contributed by atoms with Gasteiger partial charge in [-0.3, -0.25) is 14.5 Å². The van der Waals surface area contributed by atoms with Crippen molar-refractivity contribution >= 4 is 28.4 Å². The third-order valence-electron chi connectivity index (χ3n) is 7.03. The summed E-state index contributed by atoms with van der Waals surface area (Å²) in [6.07, 6.45) is 3.83. The maximum absolute atomic E-state index is 14.4. The molecule has 2 aromatic heterocycles. The number of benzene rings is 3. The van der Waals surface area contributed by atoms with Crippen molar-refractivity contribution < 1.29 is 9.18 Å². The van der Waals surface area contributed by atoms with Crippen LogP contribution in [0.1, 0.15) is 23.2 Å². The van der Waals surface area contributed by atoms with Crippen LogP contribution in [-0.4, -0.2) is 56.7 Å². The monoisotopic (exact) mass is 509 g/mol. The number of carbonyl (C=O) groups excluding carboxylic acids is 1. The zero-order valence-electron chi connectivity index (χ0n) is 21.0. The van der Waals surface area contributed by atoms with Crippen LogP contribution in [-0.2, 0) is 0 Å². The molecule has 38 heavy (non-hydrogen) atoms. The number of hydrogen-bond donors (Lipinski definition) is 3. The standard InChI is InChI=1S/C29H28FN7O/c1-36-14-12-22(13-15-36)32-21-9-6-19(7-10-21)29(38)33-28-17-25(34-35-28)20-8-11-24-27(16-20)37(18-31-24)26-5-3-2-4-23(26)30/h2-11,16-18,22,32H,12-15H2,1H3,(H2,33,34,35,38). The summed E-state index contributed by atoms with van der Waals surface area (Å²) in [5.74, 6) is -0.141. The van der Waals surface area contributed by atoms with E-state index in [4.69, 9.17) is 0 Å². The fourth-order valence-corrected chi connectivity index (χ4v) is 4.84. The number of nitrogens with one attached hydrogen (secondary N) is 3. The van der Waals surface area contributed by atoms with Gasteiger partial charge >= 0.3 is 0 Å². The fourth-order valence-electron chi connectivity index (χ4n) is 4.84. The Balaban J connectivity index is 1.15. The van der Waals surface area contributed by atoms with E-state index in [0.29, 0.717) is 23.1 Å². The second-order valence-corrected chi connectivity index (χ2v) is 9.69. The lowest BCUT2D eigenvalue weighted by Gasteiger charge is -2.30. The lowest BCUT2D eigenvalue weighted by atomic mass is 10.0. The topological polar surface area (TPSA) is 90.9 Å². The van der Waals surface area contributed by atoms with Crippen molar-refractivity contribution in [2.45, 2.75) is 18.9 Å². The molecule has 192 valence electrons. The van der Waals surface area contributed by atoms with E-state index in [1.807, 2.05) is 42.5 Å². The summed E-state index contributed by atoms with van der Waals surface area (Å²) in [6.45, 7) is 2.18. The molecular weight excluding hydrogens is 481 g/mol. The minimum Gasteiger partial charge on any atom is -0.382 e. The molecule has 0 radical (unpaired) electrons. The molecule has 0 atom stereocenters. The van der Waals surface area contributed by atoms with Gasteiger partial charge in [-0.15, -0.1) is 0 Å². The van der Waals surface area contributed by atoms with Crippen molar-refractivity contribution in [3.8, 4) is 16.9 Å². The van der Waals surface area contributed by atoms with Crippen molar-refractivity contribution in [2.24, 2.45) is 0 Å². The van der Waals surface area contributed by atoms with Gasteiger partial charge in [0.15, 0.2) is 5.82 Å². The van der Waals surface area contributed by atoms with Crippen LogP contribution >= 0.6 is 0 Å². The molecule has 0 spiro atoms.